The lowest BCUT2D eigenvalue weighted by molar-refractivity contribution is -0.659. The number of aryl methyl sites for hydroxylation is 2. The third-order valence-electron chi connectivity index (χ3n) is 8.52. The molecule has 0 amide bonds. The van der Waals surface area contributed by atoms with Gasteiger partial charge in [0.2, 0.25) is 5.69 Å². The van der Waals surface area contributed by atoms with E-state index in [4.69, 9.17) is 4.42 Å². The van der Waals surface area contributed by atoms with Gasteiger partial charge in [0.1, 0.15) is 18.2 Å². The Kier molecular flexibility index (Phi) is 6.07. The van der Waals surface area contributed by atoms with Crippen LogP contribution in [-0.2, 0) is 13.4 Å². The molecule has 0 N–H and O–H groups in total. The molecule has 6 rings (SSSR count). The zero-order chi connectivity index (χ0) is 32.1. The van der Waals surface area contributed by atoms with E-state index in [-0.39, 0.29) is 0 Å². The minimum atomic E-state index is -1.86. The van der Waals surface area contributed by atoms with Gasteiger partial charge in [-0.15, -0.1) is 0 Å². The number of hydrogen-bond donors (Lipinski definition) is 0. The van der Waals surface area contributed by atoms with Crippen LogP contribution in [0, 0.1) is 12.3 Å². The highest BCUT2D eigenvalue weighted by atomic mass is 28.3. The van der Waals surface area contributed by atoms with Crippen LogP contribution < -0.4 is 14.9 Å². The number of furan rings is 1. The minimum Gasteiger partial charge on any atom is -0.455 e. The summed E-state index contributed by atoms with van der Waals surface area (Å²) >= 11 is 0. The first kappa shape index (κ1) is 26.4. The molecule has 0 radical (unpaired) electrons. The lowest BCUT2D eigenvalue weighted by atomic mass is 9.87. The SMILES string of the molecule is [2H]C([2H])(c1cc(-c2c(C)ccc3c2oc2cc4c(ccc5cc([Si](C)(C)C)ccc54)cc23)[n+](C)cc1[Si](C)(C)C)C(C)(C)C. The second-order valence-corrected chi connectivity index (χ2v) is 25.4. The van der Waals surface area contributed by atoms with Crippen molar-refractivity contribution in [2.45, 2.75) is 73.3 Å². The monoisotopic (exact) mass is 590 g/mol. The van der Waals surface area contributed by atoms with Crippen LogP contribution in [0.25, 0.3) is 54.7 Å². The molecule has 0 spiro atoms. The van der Waals surface area contributed by atoms with Gasteiger partial charge in [0.05, 0.1) is 21.7 Å². The third kappa shape index (κ3) is 5.03. The molecule has 0 aliphatic heterocycles. The van der Waals surface area contributed by atoms with E-state index in [0.717, 1.165) is 49.5 Å². The normalized spacial score (nSPS) is 14.3. The van der Waals surface area contributed by atoms with Crippen molar-refractivity contribution in [3.05, 3.63) is 78.0 Å². The first-order valence-electron chi connectivity index (χ1n) is 16.2. The van der Waals surface area contributed by atoms with Gasteiger partial charge in [-0.3, -0.25) is 0 Å². The summed E-state index contributed by atoms with van der Waals surface area (Å²) < 4.78 is 27.6. The molecule has 42 heavy (non-hydrogen) atoms. The van der Waals surface area contributed by atoms with Crippen LogP contribution in [0.4, 0.5) is 0 Å². The van der Waals surface area contributed by atoms with Crippen molar-refractivity contribution in [2.24, 2.45) is 12.5 Å². The van der Waals surface area contributed by atoms with E-state index in [1.54, 1.807) is 0 Å². The molecule has 6 aromatic rings. The van der Waals surface area contributed by atoms with E-state index >= 15 is 0 Å². The average molecular weight is 591 g/mol. The van der Waals surface area contributed by atoms with E-state index in [1.807, 2.05) is 20.8 Å². The Morgan fingerprint density at radius 2 is 1.43 bits per heavy atom. The first-order valence-corrected chi connectivity index (χ1v) is 22.2. The summed E-state index contributed by atoms with van der Waals surface area (Å²) in [5.41, 5.74) is 5.11. The Balaban J connectivity index is 1.64. The fraction of sp³-hybridized carbons (Fsp3) is 0.342. The molecule has 2 aromatic heterocycles. The summed E-state index contributed by atoms with van der Waals surface area (Å²) in [5, 5.41) is 9.78. The molecule has 0 aliphatic carbocycles. The lowest BCUT2D eigenvalue weighted by Crippen LogP contribution is -2.47. The molecule has 4 heteroatoms. The van der Waals surface area contributed by atoms with Gasteiger partial charge in [0, 0.05) is 24.8 Å². The maximum atomic E-state index is 9.33. The number of nitrogens with zero attached hydrogens (tertiary/aromatic N) is 1. The molecule has 0 saturated carbocycles. The van der Waals surface area contributed by atoms with Gasteiger partial charge in [-0.2, -0.15) is 0 Å². The number of benzene rings is 4. The molecule has 4 aromatic carbocycles. The summed E-state index contributed by atoms with van der Waals surface area (Å²) in [7, 11) is -1.19. The van der Waals surface area contributed by atoms with Crippen molar-refractivity contribution in [3.63, 3.8) is 0 Å². The van der Waals surface area contributed by atoms with Crippen molar-refractivity contribution < 1.29 is 11.7 Å². The molecule has 0 unspecified atom stereocenters. The molecule has 0 aliphatic rings. The van der Waals surface area contributed by atoms with Crippen LogP contribution in [0.5, 0.6) is 0 Å². The number of hydrogen-bond acceptors (Lipinski definition) is 1. The lowest BCUT2D eigenvalue weighted by Gasteiger charge is -2.25. The third-order valence-corrected chi connectivity index (χ3v) is 12.6. The number of pyridine rings is 1. The number of rotatable bonds is 4. The molecule has 0 saturated heterocycles. The summed E-state index contributed by atoms with van der Waals surface area (Å²) in [5.74, 6) is 0. The summed E-state index contributed by atoms with van der Waals surface area (Å²) in [6.45, 7) is 22.2. The maximum absolute atomic E-state index is 9.33. The van der Waals surface area contributed by atoms with E-state index in [2.05, 4.69) is 125 Å². The van der Waals surface area contributed by atoms with Gasteiger partial charge in [0.15, 0.2) is 6.20 Å². The molecule has 2 heterocycles. The average Bonchev–Trinajstić information content (AvgIpc) is 3.27. The number of aromatic nitrogens is 1. The Labute approximate surface area is 256 Å². The summed E-state index contributed by atoms with van der Waals surface area (Å²) in [6, 6.07) is 22.5. The van der Waals surface area contributed by atoms with E-state index in [9.17, 15) is 2.74 Å². The number of fused-ring (bicyclic) bond motifs is 6. The largest absolute Gasteiger partial charge is 0.455 e. The van der Waals surface area contributed by atoms with Gasteiger partial charge in [-0.25, -0.2) is 4.57 Å². The standard InChI is InChI=1S/C38H46NOSi2/c1-24-12-16-30-32-19-26-14-13-25-18-28(41(6,7)8)15-17-29(25)31(26)21-34(32)40-37(30)36(24)33-20-27(22-38(2,3)4)35(23-39(33)5)42(9,10)11/h12-21,23H,22H2,1-11H3/q+1/i22D2. The van der Waals surface area contributed by atoms with Crippen LogP contribution in [0.3, 0.4) is 0 Å². The molecule has 0 atom stereocenters. The van der Waals surface area contributed by atoms with Gasteiger partial charge < -0.3 is 4.42 Å². The molecular weight excluding hydrogens is 543 g/mol. The molecule has 2 nitrogen and oxygen atoms in total. The van der Waals surface area contributed by atoms with Crippen molar-refractivity contribution in [2.75, 3.05) is 0 Å². The van der Waals surface area contributed by atoms with E-state index < -0.39 is 27.9 Å². The van der Waals surface area contributed by atoms with Gasteiger partial charge >= 0.3 is 0 Å². The molecule has 0 fully saturated rings. The van der Waals surface area contributed by atoms with Crippen LogP contribution in [0.1, 0.15) is 34.6 Å². The summed E-state index contributed by atoms with van der Waals surface area (Å²) in [6.07, 6.45) is 0.686. The molecule has 216 valence electrons. The Hall–Kier alpha value is -3.22. The summed E-state index contributed by atoms with van der Waals surface area (Å²) in [4.78, 5) is 0. The Morgan fingerprint density at radius 1 is 0.762 bits per heavy atom. The van der Waals surface area contributed by atoms with Crippen molar-refractivity contribution in [3.8, 4) is 11.3 Å². The van der Waals surface area contributed by atoms with Crippen LogP contribution in [0.2, 0.25) is 39.3 Å². The van der Waals surface area contributed by atoms with Crippen molar-refractivity contribution in [1.82, 2.24) is 0 Å². The van der Waals surface area contributed by atoms with Crippen LogP contribution in [0.15, 0.2) is 71.3 Å². The molecular formula is C38H46NOSi2+. The quantitative estimate of drug-likeness (QED) is 0.114. The Bertz CT molecular complexity index is 2120. The van der Waals surface area contributed by atoms with Crippen LogP contribution in [-0.4, -0.2) is 16.1 Å². The smallest absolute Gasteiger partial charge is 0.216 e. The van der Waals surface area contributed by atoms with Crippen molar-refractivity contribution >= 4 is 70.0 Å². The maximum Gasteiger partial charge on any atom is 0.216 e. The van der Waals surface area contributed by atoms with Gasteiger partial charge in [-0.1, -0.05) is 108 Å². The topological polar surface area (TPSA) is 17.0 Å². The van der Waals surface area contributed by atoms with Crippen molar-refractivity contribution in [1.29, 1.82) is 0 Å². The second kappa shape index (κ2) is 9.65. The molecule has 0 bridgehead atoms. The van der Waals surface area contributed by atoms with E-state index in [0.29, 0.717) is 0 Å². The highest BCUT2D eigenvalue weighted by Gasteiger charge is 2.30. The minimum absolute atomic E-state index is 0.558. The Morgan fingerprint density at radius 3 is 2.07 bits per heavy atom. The van der Waals surface area contributed by atoms with Gasteiger partial charge in [-0.05, 0) is 63.5 Å². The predicted octanol–water partition coefficient (Wildman–Crippen LogP) is 9.37. The first-order chi connectivity index (χ1) is 20.3. The van der Waals surface area contributed by atoms with E-state index in [1.165, 1.54) is 26.7 Å². The van der Waals surface area contributed by atoms with Crippen LogP contribution >= 0.6 is 0 Å². The second-order valence-electron chi connectivity index (χ2n) is 15.3. The highest BCUT2D eigenvalue weighted by Crippen LogP contribution is 2.40. The fourth-order valence-electron chi connectivity index (χ4n) is 6.28. The van der Waals surface area contributed by atoms with Gasteiger partial charge in [0.25, 0.3) is 0 Å². The fourth-order valence-corrected chi connectivity index (χ4v) is 8.98. The zero-order valence-electron chi connectivity index (χ0n) is 29.2. The predicted molar refractivity (Wildman–Crippen MR) is 189 cm³/mol. The zero-order valence-corrected chi connectivity index (χ0v) is 29.2. The highest BCUT2D eigenvalue weighted by molar-refractivity contribution is 6.89.